The van der Waals surface area contributed by atoms with Crippen LogP contribution in [-0.2, 0) is 9.53 Å². The van der Waals surface area contributed by atoms with Gasteiger partial charge in [0, 0.05) is 19.7 Å². The molecule has 0 aromatic rings. The molecular formula is C11H24N4O2. The molecule has 2 atom stereocenters. The Labute approximate surface area is 103 Å². The second-order valence-corrected chi connectivity index (χ2v) is 4.70. The number of hydrogen-bond donors (Lipinski definition) is 2. The predicted octanol–water partition coefficient (Wildman–Crippen LogP) is -0.983. The number of hydrazine groups is 1. The number of rotatable bonds is 6. The minimum Gasteiger partial charge on any atom is -0.383 e. The van der Waals surface area contributed by atoms with Crippen LogP contribution in [0.5, 0.6) is 0 Å². The topological polar surface area (TPSA) is 70.8 Å². The Morgan fingerprint density at radius 2 is 2.41 bits per heavy atom. The molecule has 1 aliphatic heterocycles. The average Bonchev–Trinajstić information content (AvgIpc) is 2.71. The minimum absolute atomic E-state index is 0.199. The van der Waals surface area contributed by atoms with Crippen molar-refractivity contribution in [3.8, 4) is 0 Å². The third-order valence-electron chi connectivity index (χ3n) is 3.47. The van der Waals surface area contributed by atoms with Gasteiger partial charge < -0.3 is 9.64 Å². The zero-order valence-corrected chi connectivity index (χ0v) is 11.0. The molecule has 2 unspecified atom stereocenters. The molecule has 1 aliphatic rings. The molecule has 3 N–H and O–H groups in total. The van der Waals surface area contributed by atoms with Gasteiger partial charge in [0.1, 0.15) is 6.04 Å². The van der Waals surface area contributed by atoms with Crippen LogP contribution >= 0.6 is 0 Å². The molecule has 6 nitrogen and oxygen atoms in total. The highest BCUT2D eigenvalue weighted by atomic mass is 16.5. The monoisotopic (exact) mass is 244 g/mol. The number of nitrogens with zero attached hydrogens (tertiary/aromatic N) is 2. The molecule has 1 rings (SSSR count). The Hall–Kier alpha value is -0.690. The number of amides is 1. The highest BCUT2D eigenvalue weighted by Crippen LogP contribution is 2.16. The van der Waals surface area contributed by atoms with E-state index >= 15 is 0 Å². The number of carbonyl (C=O) groups is 1. The SMILES string of the molecule is COCC(C(=O)NN)N(C)CC1CCCN1C. The Morgan fingerprint density at radius 1 is 1.71 bits per heavy atom. The molecular weight excluding hydrogens is 220 g/mol. The van der Waals surface area contributed by atoms with Gasteiger partial charge in [-0.25, -0.2) is 5.84 Å². The first-order chi connectivity index (χ1) is 8.10. The minimum atomic E-state index is -0.320. The maximum atomic E-state index is 11.6. The zero-order valence-electron chi connectivity index (χ0n) is 11.0. The second-order valence-electron chi connectivity index (χ2n) is 4.70. The van der Waals surface area contributed by atoms with Gasteiger partial charge in [0.2, 0.25) is 0 Å². The van der Waals surface area contributed by atoms with Crippen molar-refractivity contribution in [1.29, 1.82) is 0 Å². The van der Waals surface area contributed by atoms with Crippen LogP contribution in [0.25, 0.3) is 0 Å². The number of likely N-dealkylation sites (N-methyl/N-ethyl adjacent to an activating group) is 2. The summed E-state index contributed by atoms with van der Waals surface area (Å²) in [6.45, 7) is 2.35. The third kappa shape index (κ3) is 3.92. The van der Waals surface area contributed by atoms with Crippen LogP contribution < -0.4 is 11.3 Å². The van der Waals surface area contributed by atoms with Crippen molar-refractivity contribution in [1.82, 2.24) is 15.2 Å². The van der Waals surface area contributed by atoms with E-state index < -0.39 is 0 Å². The van der Waals surface area contributed by atoms with Gasteiger partial charge in [-0.3, -0.25) is 15.1 Å². The molecule has 0 bridgehead atoms. The van der Waals surface area contributed by atoms with Crippen LogP contribution in [0.4, 0.5) is 0 Å². The molecule has 1 heterocycles. The summed E-state index contributed by atoms with van der Waals surface area (Å²) in [5.74, 6) is 4.99. The van der Waals surface area contributed by atoms with E-state index in [0.717, 1.165) is 13.1 Å². The van der Waals surface area contributed by atoms with Crippen LogP contribution in [-0.4, -0.2) is 68.7 Å². The molecule has 17 heavy (non-hydrogen) atoms. The van der Waals surface area contributed by atoms with Gasteiger partial charge in [-0.15, -0.1) is 0 Å². The molecule has 0 spiro atoms. The average molecular weight is 244 g/mol. The van der Waals surface area contributed by atoms with Crippen LogP contribution in [0.3, 0.4) is 0 Å². The van der Waals surface area contributed by atoms with Crippen molar-refractivity contribution in [3.05, 3.63) is 0 Å². The van der Waals surface area contributed by atoms with Gasteiger partial charge in [0.15, 0.2) is 0 Å². The third-order valence-corrected chi connectivity index (χ3v) is 3.47. The number of methoxy groups -OCH3 is 1. The van der Waals surface area contributed by atoms with E-state index in [2.05, 4.69) is 17.4 Å². The van der Waals surface area contributed by atoms with Crippen molar-refractivity contribution < 1.29 is 9.53 Å². The summed E-state index contributed by atoms with van der Waals surface area (Å²) in [6.07, 6.45) is 2.41. The van der Waals surface area contributed by atoms with Gasteiger partial charge in [-0.2, -0.15) is 0 Å². The lowest BCUT2D eigenvalue weighted by atomic mass is 10.1. The Balaban J connectivity index is 2.52. The summed E-state index contributed by atoms with van der Waals surface area (Å²) in [6, 6.07) is 0.198. The van der Waals surface area contributed by atoms with Crippen molar-refractivity contribution >= 4 is 5.91 Å². The summed E-state index contributed by atoms with van der Waals surface area (Å²) in [4.78, 5) is 16.0. The molecule has 0 aliphatic carbocycles. The highest BCUT2D eigenvalue weighted by molar-refractivity contribution is 5.81. The van der Waals surface area contributed by atoms with Crippen LogP contribution in [0.15, 0.2) is 0 Å². The van der Waals surface area contributed by atoms with E-state index in [4.69, 9.17) is 10.6 Å². The number of hydrogen-bond acceptors (Lipinski definition) is 5. The molecule has 100 valence electrons. The van der Waals surface area contributed by atoms with Crippen LogP contribution in [0.2, 0.25) is 0 Å². The van der Waals surface area contributed by atoms with Crippen molar-refractivity contribution in [3.63, 3.8) is 0 Å². The summed E-state index contributed by atoms with van der Waals surface area (Å²) in [5, 5.41) is 0. The van der Waals surface area contributed by atoms with Gasteiger partial charge >= 0.3 is 0 Å². The van der Waals surface area contributed by atoms with E-state index in [1.165, 1.54) is 12.8 Å². The molecule has 0 aromatic heterocycles. The molecule has 0 aromatic carbocycles. The fourth-order valence-electron chi connectivity index (χ4n) is 2.33. The van der Waals surface area contributed by atoms with E-state index in [9.17, 15) is 4.79 Å². The lowest BCUT2D eigenvalue weighted by molar-refractivity contribution is -0.128. The maximum absolute atomic E-state index is 11.6. The Kier molecular flexibility index (Phi) is 5.84. The Morgan fingerprint density at radius 3 is 2.88 bits per heavy atom. The summed E-state index contributed by atoms with van der Waals surface area (Å²) < 4.78 is 5.07. The van der Waals surface area contributed by atoms with Crippen molar-refractivity contribution in [2.45, 2.75) is 24.9 Å². The predicted molar refractivity (Wildman–Crippen MR) is 66.3 cm³/mol. The summed E-state index contributed by atoms with van der Waals surface area (Å²) in [5.41, 5.74) is 2.19. The van der Waals surface area contributed by atoms with E-state index in [1.54, 1.807) is 7.11 Å². The quantitative estimate of drug-likeness (QED) is 0.357. The molecule has 1 amide bonds. The van der Waals surface area contributed by atoms with E-state index in [0.29, 0.717) is 12.6 Å². The second kappa shape index (κ2) is 6.90. The van der Waals surface area contributed by atoms with Crippen molar-refractivity contribution in [2.24, 2.45) is 5.84 Å². The van der Waals surface area contributed by atoms with E-state index in [-0.39, 0.29) is 11.9 Å². The smallest absolute Gasteiger partial charge is 0.253 e. The number of nitrogens with one attached hydrogen (secondary N) is 1. The van der Waals surface area contributed by atoms with Crippen molar-refractivity contribution in [2.75, 3.05) is 40.9 Å². The molecule has 0 radical (unpaired) electrons. The molecule has 6 heteroatoms. The number of likely N-dealkylation sites (tertiary alicyclic amines) is 1. The van der Waals surface area contributed by atoms with Gasteiger partial charge in [0.05, 0.1) is 6.61 Å². The molecule has 0 saturated carbocycles. The molecule has 1 fully saturated rings. The summed E-state index contributed by atoms with van der Waals surface area (Å²) in [7, 11) is 5.65. The van der Waals surface area contributed by atoms with Gasteiger partial charge in [-0.05, 0) is 33.5 Å². The normalized spacial score (nSPS) is 23.0. The lowest BCUT2D eigenvalue weighted by Crippen LogP contribution is -2.52. The zero-order chi connectivity index (χ0) is 12.8. The first-order valence-corrected chi connectivity index (χ1v) is 6.00. The standard InChI is InChI=1S/C11H24N4O2/c1-14-6-4-5-9(14)7-15(2)10(8-17-3)11(16)13-12/h9-10H,4-8,12H2,1-3H3,(H,13,16). The Bertz CT molecular complexity index is 250. The lowest BCUT2D eigenvalue weighted by Gasteiger charge is -2.30. The fourth-order valence-corrected chi connectivity index (χ4v) is 2.33. The molecule has 1 saturated heterocycles. The highest BCUT2D eigenvalue weighted by Gasteiger charge is 2.28. The number of nitrogens with two attached hydrogens (primary N) is 1. The van der Waals surface area contributed by atoms with E-state index in [1.807, 2.05) is 11.9 Å². The fraction of sp³-hybridized carbons (Fsp3) is 0.909. The maximum Gasteiger partial charge on any atom is 0.253 e. The van der Waals surface area contributed by atoms with Crippen LogP contribution in [0.1, 0.15) is 12.8 Å². The van der Waals surface area contributed by atoms with Gasteiger partial charge in [-0.1, -0.05) is 0 Å². The number of ether oxygens (including phenoxy) is 1. The first kappa shape index (κ1) is 14.4. The first-order valence-electron chi connectivity index (χ1n) is 6.00. The van der Waals surface area contributed by atoms with Crippen LogP contribution in [0, 0.1) is 0 Å². The number of carbonyl (C=O) groups excluding carboxylic acids is 1. The largest absolute Gasteiger partial charge is 0.383 e. The summed E-state index contributed by atoms with van der Waals surface area (Å²) >= 11 is 0. The van der Waals surface area contributed by atoms with Gasteiger partial charge in [0.25, 0.3) is 5.91 Å².